The number of carbonyl (C=O) groups is 1. The van der Waals surface area contributed by atoms with Crippen molar-refractivity contribution in [1.82, 2.24) is 10.6 Å². The molecule has 1 aromatic rings. The molecule has 2 rings (SSSR count). The first-order chi connectivity index (χ1) is 9.61. The molecule has 0 saturated carbocycles. The summed E-state index contributed by atoms with van der Waals surface area (Å²) >= 11 is 0. The van der Waals surface area contributed by atoms with E-state index in [0.717, 1.165) is 31.5 Å². The number of hydrogen-bond donors (Lipinski definition) is 2. The second kappa shape index (κ2) is 6.70. The van der Waals surface area contributed by atoms with E-state index >= 15 is 0 Å². The summed E-state index contributed by atoms with van der Waals surface area (Å²) in [6.45, 7) is 3.55. The minimum Gasteiger partial charge on any atom is -0.494 e. The van der Waals surface area contributed by atoms with Gasteiger partial charge in [-0.05, 0) is 44.0 Å². The fraction of sp³-hybridized carbons (Fsp3) is 0.533. The van der Waals surface area contributed by atoms with E-state index in [1.165, 1.54) is 13.2 Å². The van der Waals surface area contributed by atoms with Crippen LogP contribution in [0.15, 0.2) is 18.2 Å². The Balaban J connectivity index is 1.98. The summed E-state index contributed by atoms with van der Waals surface area (Å²) in [6.07, 6.45) is 1.92. The molecular formula is C15H21FN2O2. The summed E-state index contributed by atoms with van der Waals surface area (Å²) < 4.78 is 18.5. The third-order valence-corrected chi connectivity index (χ3v) is 3.70. The average Bonchev–Trinajstić information content (AvgIpc) is 2.48. The number of hydrogen-bond acceptors (Lipinski definition) is 3. The first kappa shape index (κ1) is 14.8. The topological polar surface area (TPSA) is 50.4 Å². The van der Waals surface area contributed by atoms with Crippen LogP contribution >= 0.6 is 0 Å². The van der Waals surface area contributed by atoms with E-state index in [1.807, 2.05) is 6.92 Å². The van der Waals surface area contributed by atoms with Gasteiger partial charge in [-0.3, -0.25) is 4.79 Å². The molecule has 0 aliphatic carbocycles. The molecule has 1 amide bonds. The molecule has 0 aromatic heterocycles. The number of benzene rings is 1. The standard InChI is InChI=1S/C15H21FN2O2/c1-10(11-5-6-14(20-2)13(16)8-11)18-15(19)12-4-3-7-17-9-12/h5-6,8,10,12,17H,3-4,7,9H2,1-2H3,(H,18,19)/t10?,12-/m1/s1. The summed E-state index contributed by atoms with van der Waals surface area (Å²) in [5.74, 6) is -0.163. The average molecular weight is 280 g/mol. The van der Waals surface area contributed by atoms with Crippen molar-refractivity contribution in [3.05, 3.63) is 29.6 Å². The fourth-order valence-electron chi connectivity index (χ4n) is 2.44. The first-order valence-electron chi connectivity index (χ1n) is 6.96. The zero-order valence-electron chi connectivity index (χ0n) is 11.9. The van der Waals surface area contributed by atoms with E-state index in [-0.39, 0.29) is 23.6 Å². The van der Waals surface area contributed by atoms with Gasteiger partial charge in [0.05, 0.1) is 19.1 Å². The minimum atomic E-state index is -0.412. The predicted molar refractivity (Wildman–Crippen MR) is 75.1 cm³/mol. The monoisotopic (exact) mass is 280 g/mol. The molecule has 2 N–H and O–H groups in total. The number of nitrogens with one attached hydrogen (secondary N) is 2. The number of rotatable bonds is 4. The van der Waals surface area contributed by atoms with Crippen LogP contribution < -0.4 is 15.4 Å². The van der Waals surface area contributed by atoms with Crippen LogP contribution in [0, 0.1) is 11.7 Å². The number of carbonyl (C=O) groups excluding carboxylic acids is 1. The molecule has 5 heteroatoms. The van der Waals surface area contributed by atoms with E-state index in [0.29, 0.717) is 0 Å². The Hall–Kier alpha value is -1.62. The van der Waals surface area contributed by atoms with Crippen molar-refractivity contribution in [2.75, 3.05) is 20.2 Å². The second-order valence-corrected chi connectivity index (χ2v) is 5.17. The number of halogens is 1. The Kier molecular flexibility index (Phi) is 4.95. The van der Waals surface area contributed by atoms with Gasteiger partial charge in [-0.1, -0.05) is 6.07 Å². The molecule has 1 fully saturated rings. The highest BCUT2D eigenvalue weighted by Gasteiger charge is 2.22. The normalized spacial score (nSPS) is 20.2. The Labute approximate surface area is 118 Å². The van der Waals surface area contributed by atoms with Gasteiger partial charge in [0.1, 0.15) is 0 Å². The van der Waals surface area contributed by atoms with E-state index < -0.39 is 5.82 Å². The molecule has 1 aliphatic rings. The summed E-state index contributed by atoms with van der Waals surface area (Å²) in [5.41, 5.74) is 0.736. The highest BCUT2D eigenvalue weighted by Crippen LogP contribution is 2.22. The number of methoxy groups -OCH3 is 1. The van der Waals surface area contributed by atoms with Crippen LogP contribution in [0.2, 0.25) is 0 Å². The van der Waals surface area contributed by atoms with Crippen molar-refractivity contribution >= 4 is 5.91 Å². The molecule has 0 bridgehead atoms. The quantitative estimate of drug-likeness (QED) is 0.887. The molecule has 4 nitrogen and oxygen atoms in total. The molecule has 20 heavy (non-hydrogen) atoms. The molecule has 0 radical (unpaired) electrons. The summed E-state index contributed by atoms with van der Waals surface area (Å²) in [6, 6.07) is 4.54. The maximum absolute atomic E-state index is 13.7. The molecular weight excluding hydrogens is 259 g/mol. The molecule has 0 spiro atoms. The van der Waals surface area contributed by atoms with Crippen molar-refractivity contribution in [3.8, 4) is 5.75 Å². The highest BCUT2D eigenvalue weighted by molar-refractivity contribution is 5.79. The van der Waals surface area contributed by atoms with Crippen LogP contribution in [0.4, 0.5) is 4.39 Å². The Morgan fingerprint density at radius 3 is 2.95 bits per heavy atom. The zero-order chi connectivity index (χ0) is 14.5. The number of piperidine rings is 1. The molecule has 2 atom stereocenters. The van der Waals surface area contributed by atoms with Gasteiger partial charge in [-0.25, -0.2) is 4.39 Å². The maximum Gasteiger partial charge on any atom is 0.224 e. The number of amides is 1. The SMILES string of the molecule is COc1ccc(C(C)NC(=O)[C@@H]2CCCNC2)cc1F. The third-order valence-electron chi connectivity index (χ3n) is 3.70. The lowest BCUT2D eigenvalue weighted by molar-refractivity contribution is -0.126. The summed E-state index contributed by atoms with van der Waals surface area (Å²) in [5, 5.41) is 6.16. The maximum atomic E-state index is 13.7. The third kappa shape index (κ3) is 3.48. The van der Waals surface area contributed by atoms with Crippen LogP contribution in [0.25, 0.3) is 0 Å². The van der Waals surface area contributed by atoms with E-state index in [4.69, 9.17) is 4.74 Å². The molecule has 1 saturated heterocycles. The Morgan fingerprint density at radius 1 is 1.55 bits per heavy atom. The Morgan fingerprint density at radius 2 is 2.35 bits per heavy atom. The molecule has 1 aliphatic heterocycles. The van der Waals surface area contributed by atoms with Gasteiger partial charge >= 0.3 is 0 Å². The van der Waals surface area contributed by atoms with E-state index in [9.17, 15) is 9.18 Å². The van der Waals surface area contributed by atoms with Crippen LogP contribution in [0.1, 0.15) is 31.4 Å². The van der Waals surface area contributed by atoms with Gasteiger partial charge in [-0.2, -0.15) is 0 Å². The van der Waals surface area contributed by atoms with Crippen molar-refractivity contribution in [2.24, 2.45) is 5.92 Å². The van der Waals surface area contributed by atoms with Crippen molar-refractivity contribution in [3.63, 3.8) is 0 Å². The number of ether oxygens (including phenoxy) is 1. The lowest BCUT2D eigenvalue weighted by Gasteiger charge is -2.24. The molecule has 1 heterocycles. The van der Waals surface area contributed by atoms with Gasteiger partial charge in [0.25, 0.3) is 0 Å². The van der Waals surface area contributed by atoms with Crippen LogP contribution in [0.5, 0.6) is 5.75 Å². The minimum absolute atomic E-state index is 0.00861. The van der Waals surface area contributed by atoms with Crippen LogP contribution in [0.3, 0.4) is 0 Å². The predicted octanol–water partition coefficient (Wildman–Crippen LogP) is 2.01. The largest absolute Gasteiger partial charge is 0.494 e. The zero-order valence-corrected chi connectivity index (χ0v) is 11.9. The molecule has 1 unspecified atom stereocenters. The van der Waals surface area contributed by atoms with E-state index in [1.54, 1.807) is 12.1 Å². The van der Waals surface area contributed by atoms with E-state index in [2.05, 4.69) is 10.6 Å². The van der Waals surface area contributed by atoms with Crippen LogP contribution in [-0.4, -0.2) is 26.1 Å². The second-order valence-electron chi connectivity index (χ2n) is 5.17. The molecule has 1 aromatic carbocycles. The van der Waals surface area contributed by atoms with Gasteiger partial charge < -0.3 is 15.4 Å². The highest BCUT2D eigenvalue weighted by atomic mass is 19.1. The lowest BCUT2D eigenvalue weighted by atomic mass is 9.98. The Bertz CT molecular complexity index is 473. The van der Waals surface area contributed by atoms with Gasteiger partial charge in [0.15, 0.2) is 11.6 Å². The molecule has 110 valence electrons. The first-order valence-corrected chi connectivity index (χ1v) is 6.96. The van der Waals surface area contributed by atoms with Gasteiger partial charge in [0, 0.05) is 6.54 Å². The smallest absolute Gasteiger partial charge is 0.224 e. The fourth-order valence-corrected chi connectivity index (χ4v) is 2.44. The van der Waals surface area contributed by atoms with Crippen LogP contribution in [-0.2, 0) is 4.79 Å². The van der Waals surface area contributed by atoms with Crippen molar-refractivity contribution in [2.45, 2.75) is 25.8 Å². The van der Waals surface area contributed by atoms with Gasteiger partial charge in [0.2, 0.25) is 5.91 Å². The lowest BCUT2D eigenvalue weighted by Crippen LogP contribution is -2.41. The van der Waals surface area contributed by atoms with Crippen molar-refractivity contribution < 1.29 is 13.9 Å². The summed E-state index contributed by atoms with van der Waals surface area (Å²) in [7, 11) is 1.43. The summed E-state index contributed by atoms with van der Waals surface area (Å²) in [4.78, 5) is 12.1. The van der Waals surface area contributed by atoms with Crippen molar-refractivity contribution in [1.29, 1.82) is 0 Å². The van der Waals surface area contributed by atoms with Gasteiger partial charge in [-0.15, -0.1) is 0 Å².